The molecule has 114 valence electrons. The molecule has 6 heteroatoms. The molecule has 0 fully saturated rings. The second-order valence-corrected chi connectivity index (χ2v) is 5.33. The number of halogens is 3. The largest absolute Gasteiger partial charge is 0.401 e. The Morgan fingerprint density at radius 2 is 1.95 bits per heavy atom. The molecule has 1 aromatic carbocycles. The molecular weight excluding hydrogens is 279 g/mol. The van der Waals surface area contributed by atoms with E-state index in [2.05, 4.69) is 4.98 Å². The number of benzene rings is 1. The molecule has 0 saturated carbocycles. The molecule has 1 heterocycles. The molecule has 21 heavy (non-hydrogen) atoms. The van der Waals surface area contributed by atoms with E-state index in [1.165, 1.54) is 4.90 Å². The minimum absolute atomic E-state index is 0.185. The smallest absolute Gasteiger partial charge is 0.398 e. The molecule has 0 aliphatic rings. The lowest BCUT2D eigenvalue weighted by Gasteiger charge is -2.27. The van der Waals surface area contributed by atoms with Crippen LogP contribution in [-0.2, 0) is 6.54 Å². The maximum atomic E-state index is 12.7. The van der Waals surface area contributed by atoms with E-state index in [0.717, 1.165) is 10.9 Å². The molecule has 0 radical (unpaired) electrons. The van der Waals surface area contributed by atoms with Crippen LogP contribution in [0.1, 0.15) is 19.4 Å². The van der Waals surface area contributed by atoms with E-state index in [9.17, 15) is 13.2 Å². The molecule has 2 aromatic rings. The summed E-state index contributed by atoms with van der Waals surface area (Å²) in [5.74, 6) is 0. The number of hydrogen-bond acceptors (Lipinski definition) is 3. The fourth-order valence-corrected chi connectivity index (χ4v) is 2.25. The number of pyridine rings is 1. The highest BCUT2D eigenvalue weighted by Gasteiger charge is 2.32. The summed E-state index contributed by atoms with van der Waals surface area (Å²) < 4.78 is 38.0. The Labute approximate surface area is 121 Å². The van der Waals surface area contributed by atoms with E-state index in [4.69, 9.17) is 5.73 Å². The highest BCUT2D eigenvalue weighted by molar-refractivity contribution is 5.92. The van der Waals surface area contributed by atoms with Gasteiger partial charge in [-0.3, -0.25) is 9.88 Å². The van der Waals surface area contributed by atoms with Gasteiger partial charge in [-0.15, -0.1) is 0 Å². The first-order chi connectivity index (χ1) is 9.78. The van der Waals surface area contributed by atoms with Crippen molar-refractivity contribution in [1.82, 2.24) is 9.88 Å². The van der Waals surface area contributed by atoms with Gasteiger partial charge in [0.2, 0.25) is 0 Å². The van der Waals surface area contributed by atoms with Gasteiger partial charge in [0.05, 0.1) is 12.1 Å². The van der Waals surface area contributed by atoms with Crippen molar-refractivity contribution < 1.29 is 13.2 Å². The molecule has 0 aliphatic carbocycles. The third kappa shape index (κ3) is 3.85. The van der Waals surface area contributed by atoms with Crippen molar-refractivity contribution in [2.45, 2.75) is 32.6 Å². The van der Waals surface area contributed by atoms with Crippen LogP contribution in [0.3, 0.4) is 0 Å². The van der Waals surface area contributed by atoms with Gasteiger partial charge in [0.25, 0.3) is 0 Å². The lowest BCUT2D eigenvalue weighted by Crippen LogP contribution is -2.38. The normalized spacial score (nSPS) is 12.5. The molecule has 0 amide bonds. The number of aromatic nitrogens is 1. The highest BCUT2D eigenvalue weighted by atomic mass is 19.4. The minimum Gasteiger partial charge on any atom is -0.398 e. The molecule has 2 rings (SSSR count). The van der Waals surface area contributed by atoms with Crippen molar-refractivity contribution in [2.75, 3.05) is 12.3 Å². The molecule has 1 aromatic heterocycles. The monoisotopic (exact) mass is 297 g/mol. The highest BCUT2D eigenvalue weighted by Crippen LogP contribution is 2.26. The van der Waals surface area contributed by atoms with Crippen molar-refractivity contribution in [2.24, 2.45) is 0 Å². The number of nitrogens with two attached hydrogens (primary N) is 1. The fraction of sp³-hybridized carbons (Fsp3) is 0.400. The third-order valence-electron chi connectivity index (χ3n) is 3.37. The van der Waals surface area contributed by atoms with E-state index < -0.39 is 12.7 Å². The van der Waals surface area contributed by atoms with Gasteiger partial charge in [0, 0.05) is 29.9 Å². The fourth-order valence-electron chi connectivity index (χ4n) is 2.25. The van der Waals surface area contributed by atoms with Crippen LogP contribution in [0.4, 0.5) is 18.9 Å². The van der Waals surface area contributed by atoms with Crippen molar-refractivity contribution >= 4 is 16.6 Å². The predicted molar refractivity (Wildman–Crippen MR) is 77.8 cm³/mol. The molecule has 3 nitrogen and oxygen atoms in total. The van der Waals surface area contributed by atoms with Crippen molar-refractivity contribution in [3.63, 3.8) is 0 Å². The van der Waals surface area contributed by atoms with Crippen LogP contribution in [0.25, 0.3) is 10.9 Å². The number of nitrogens with zero attached hydrogens (tertiary/aromatic N) is 2. The summed E-state index contributed by atoms with van der Waals surface area (Å²) in [6, 6.07) is 6.83. The molecule has 0 spiro atoms. The summed E-state index contributed by atoms with van der Waals surface area (Å²) in [6.45, 7) is 2.74. The Bertz CT molecular complexity index is 623. The van der Waals surface area contributed by atoms with Crippen LogP contribution < -0.4 is 5.73 Å². The van der Waals surface area contributed by atoms with Gasteiger partial charge in [-0.1, -0.05) is 6.07 Å². The maximum Gasteiger partial charge on any atom is 0.401 e. The van der Waals surface area contributed by atoms with E-state index in [1.807, 2.05) is 6.07 Å². The number of anilines is 1. The van der Waals surface area contributed by atoms with E-state index in [0.29, 0.717) is 11.2 Å². The Morgan fingerprint density at radius 3 is 2.57 bits per heavy atom. The minimum atomic E-state index is -4.22. The Morgan fingerprint density at radius 1 is 1.24 bits per heavy atom. The van der Waals surface area contributed by atoms with Crippen LogP contribution >= 0.6 is 0 Å². The standard InChI is InChI=1S/C15H18F3N3/c1-10(2)21(9-15(16,17)18)8-11-5-6-13(19)12-4-3-7-20-14(11)12/h3-7,10H,8-9,19H2,1-2H3. The zero-order chi connectivity index (χ0) is 15.6. The first-order valence-electron chi connectivity index (χ1n) is 6.71. The SMILES string of the molecule is CC(C)N(Cc1ccc(N)c2cccnc12)CC(F)(F)F. The second kappa shape index (κ2) is 5.89. The van der Waals surface area contributed by atoms with Gasteiger partial charge in [-0.25, -0.2) is 0 Å². The topological polar surface area (TPSA) is 42.1 Å². The summed E-state index contributed by atoms with van der Waals surface area (Å²) in [6.07, 6.45) is -2.60. The predicted octanol–water partition coefficient (Wildman–Crippen LogP) is 3.59. The Kier molecular flexibility index (Phi) is 4.37. The number of hydrogen-bond donors (Lipinski definition) is 1. The molecule has 0 unspecified atom stereocenters. The molecule has 0 bridgehead atoms. The van der Waals surface area contributed by atoms with Crippen LogP contribution in [0, 0.1) is 0 Å². The first-order valence-corrected chi connectivity index (χ1v) is 6.71. The number of nitrogen functional groups attached to an aromatic ring is 1. The van der Waals surface area contributed by atoms with Gasteiger partial charge >= 0.3 is 6.18 Å². The first kappa shape index (κ1) is 15.6. The summed E-state index contributed by atoms with van der Waals surface area (Å²) in [5, 5.41) is 0.769. The summed E-state index contributed by atoms with van der Waals surface area (Å²) in [5.41, 5.74) is 7.87. The second-order valence-electron chi connectivity index (χ2n) is 5.33. The number of rotatable bonds is 4. The summed E-state index contributed by atoms with van der Waals surface area (Å²) in [7, 11) is 0. The lowest BCUT2D eigenvalue weighted by atomic mass is 10.1. The van der Waals surface area contributed by atoms with E-state index in [-0.39, 0.29) is 12.6 Å². The van der Waals surface area contributed by atoms with Crippen molar-refractivity contribution in [3.8, 4) is 0 Å². The molecule has 0 saturated heterocycles. The van der Waals surface area contributed by atoms with Crippen molar-refractivity contribution in [3.05, 3.63) is 36.0 Å². The Hall–Kier alpha value is -1.82. The van der Waals surface area contributed by atoms with Gasteiger partial charge < -0.3 is 5.73 Å². The zero-order valence-electron chi connectivity index (χ0n) is 12.0. The van der Waals surface area contributed by atoms with Gasteiger partial charge in [0.1, 0.15) is 0 Å². The zero-order valence-corrected chi connectivity index (χ0v) is 12.0. The van der Waals surface area contributed by atoms with Gasteiger partial charge in [-0.2, -0.15) is 13.2 Å². The Balaban J connectivity index is 2.35. The van der Waals surface area contributed by atoms with Gasteiger partial charge in [0.15, 0.2) is 0 Å². The summed E-state index contributed by atoms with van der Waals surface area (Å²) >= 11 is 0. The number of alkyl halides is 3. The van der Waals surface area contributed by atoms with Crippen LogP contribution in [-0.4, -0.2) is 28.6 Å². The van der Waals surface area contributed by atoms with E-state index >= 15 is 0 Å². The van der Waals surface area contributed by atoms with Crippen LogP contribution in [0.5, 0.6) is 0 Å². The van der Waals surface area contributed by atoms with Crippen LogP contribution in [0.2, 0.25) is 0 Å². The third-order valence-corrected chi connectivity index (χ3v) is 3.37. The average molecular weight is 297 g/mol. The van der Waals surface area contributed by atoms with Gasteiger partial charge in [-0.05, 0) is 37.6 Å². The quantitative estimate of drug-likeness (QED) is 0.877. The average Bonchev–Trinajstić information content (AvgIpc) is 2.40. The molecule has 0 aliphatic heterocycles. The maximum absolute atomic E-state index is 12.7. The molecule has 2 N–H and O–H groups in total. The summed E-state index contributed by atoms with van der Waals surface area (Å²) in [4.78, 5) is 5.64. The van der Waals surface area contributed by atoms with E-state index in [1.54, 1.807) is 38.2 Å². The number of fused-ring (bicyclic) bond motifs is 1. The van der Waals surface area contributed by atoms with Crippen molar-refractivity contribution in [1.29, 1.82) is 0 Å². The lowest BCUT2D eigenvalue weighted by molar-refractivity contribution is -0.150. The molecule has 0 atom stereocenters. The molecular formula is C15H18F3N3. The van der Waals surface area contributed by atoms with Crippen LogP contribution in [0.15, 0.2) is 30.5 Å².